The summed E-state index contributed by atoms with van der Waals surface area (Å²) in [4.78, 5) is 0.320. The first-order valence-electron chi connectivity index (χ1n) is 6.45. The first kappa shape index (κ1) is 16.1. The van der Waals surface area contributed by atoms with Crippen molar-refractivity contribution in [2.45, 2.75) is 51.6 Å². The van der Waals surface area contributed by atoms with E-state index >= 15 is 0 Å². The van der Waals surface area contributed by atoms with Crippen LogP contribution >= 0.6 is 0 Å². The van der Waals surface area contributed by atoms with Crippen molar-refractivity contribution in [2.75, 3.05) is 13.6 Å². The third kappa shape index (κ3) is 3.16. The highest BCUT2D eigenvalue weighted by Gasteiger charge is 2.29. The fourth-order valence-corrected chi connectivity index (χ4v) is 3.67. The number of sulfonamides is 1. The summed E-state index contributed by atoms with van der Waals surface area (Å²) in [6.45, 7) is 8.42. The Balaban J connectivity index is 3.24. The molecule has 0 amide bonds. The van der Waals surface area contributed by atoms with Crippen molar-refractivity contribution >= 4 is 10.0 Å². The molecule has 0 saturated carbocycles. The second kappa shape index (κ2) is 6.02. The molecule has 0 atom stereocenters. The van der Waals surface area contributed by atoms with Gasteiger partial charge in [0, 0.05) is 19.6 Å². The van der Waals surface area contributed by atoms with Crippen LogP contribution in [-0.2, 0) is 16.6 Å². The molecule has 110 valence electrons. The van der Waals surface area contributed by atoms with Gasteiger partial charge in [0.1, 0.15) is 4.90 Å². The molecule has 0 radical (unpaired) electrons. The van der Waals surface area contributed by atoms with Gasteiger partial charge in [-0.15, -0.1) is 0 Å². The van der Waals surface area contributed by atoms with E-state index in [0.717, 1.165) is 6.42 Å². The minimum atomic E-state index is -3.49. The molecule has 6 nitrogen and oxygen atoms in total. The summed E-state index contributed by atoms with van der Waals surface area (Å²) in [6.07, 6.45) is 0.779. The topological polar surface area (TPSA) is 81.2 Å². The smallest absolute Gasteiger partial charge is 0.246 e. The molecule has 1 heterocycles. The van der Waals surface area contributed by atoms with E-state index in [2.05, 4.69) is 5.10 Å². The van der Waals surface area contributed by atoms with Gasteiger partial charge in [0.15, 0.2) is 0 Å². The van der Waals surface area contributed by atoms with Crippen molar-refractivity contribution < 1.29 is 8.42 Å². The van der Waals surface area contributed by atoms with Crippen LogP contribution in [0.2, 0.25) is 0 Å². The van der Waals surface area contributed by atoms with Gasteiger partial charge in [-0.2, -0.15) is 9.40 Å². The van der Waals surface area contributed by atoms with E-state index in [1.54, 1.807) is 25.6 Å². The van der Waals surface area contributed by atoms with E-state index in [-0.39, 0.29) is 6.04 Å². The van der Waals surface area contributed by atoms with Gasteiger partial charge >= 0.3 is 0 Å². The maximum Gasteiger partial charge on any atom is 0.246 e. The predicted octanol–water partition coefficient (Wildman–Crippen LogP) is 0.878. The van der Waals surface area contributed by atoms with Crippen LogP contribution in [0, 0.1) is 13.8 Å². The number of nitrogens with two attached hydrogens (primary N) is 1. The zero-order valence-electron chi connectivity index (χ0n) is 12.3. The largest absolute Gasteiger partial charge is 0.330 e. The number of rotatable bonds is 6. The summed E-state index contributed by atoms with van der Waals surface area (Å²) in [5, 5.41) is 4.31. The lowest BCUT2D eigenvalue weighted by Crippen LogP contribution is -2.33. The summed E-state index contributed by atoms with van der Waals surface area (Å²) in [5.41, 5.74) is 6.70. The van der Waals surface area contributed by atoms with E-state index in [0.29, 0.717) is 29.4 Å². The van der Waals surface area contributed by atoms with Crippen LogP contribution in [0.1, 0.15) is 31.7 Å². The average molecular weight is 288 g/mol. The number of aryl methyl sites for hydroxylation is 2. The first-order chi connectivity index (χ1) is 8.73. The molecule has 1 aromatic heterocycles. The van der Waals surface area contributed by atoms with Crippen molar-refractivity contribution in [3.8, 4) is 0 Å². The molecule has 0 aromatic carbocycles. The van der Waals surface area contributed by atoms with Crippen molar-refractivity contribution in [1.29, 1.82) is 0 Å². The standard InChI is InChI=1S/C12H24N4O2S/c1-9(2)15(5)19(17,18)12-10(3)14-16(11(12)4)8-6-7-13/h9H,6-8,13H2,1-5H3. The van der Waals surface area contributed by atoms with E-state index < -0.39 is 10.0 Å². The minimum absolute atomic E-state index is 0.0869. The highest BCUT2D eigenvalue weighted by atomic mass is 32.2. The van der Waals surface area contributed by atoms with E-state index in [9.17, 15) is 8.42 Å². The third-order valence-electron chi connectivity index (χ3n) is 3.25. The third-order valence-corrected chi connectivity index (χ3v) is 5.54. The Labute approximate surface area is 115 Å². The summed E-state index contributed by atoms with van der Waals surface area (Å²) in [7, 11) is -1.89. The molecular weight excluding hydrogens is 264 g/mol. The van der Waals surface area contributed by atoms with Gasteiger partial charge in [-0.25, -0.2) is 8.42 Å². The molecule has 0 unspecified atom stereocenters. The fourth-order valence-electron chi connectivity index (χ4n) is 1.93. The van der Waals surface area contributed by atoms with Crippen molar-refractivity contribution in [1.82, 2.24) is 14.1 Å². The van der Waals surface area contributed by atoms with Crippen molar-refractivity contribution in [3.63, 3.8) is 0 Å². The van der Waals surface area contributed by atoms with Crippen LogP contribution in [0.15, 0.2) is 4.90 Å². The number of hydrogen-bond acceptors (Lipinski definition) is 4. The van der Waals surface area contributed by atoms with E-state index in [4.69, 9.17) is 5.73 Å². The minimum Gasteiger partial charge on any atom is -0.330 e. The molecular formula is C12H24N4O2S. The number of aromatic nitrogens is 2. The quantitative estimate of drug-likeness (QED) is 0.842. The lowest BCUT2D eigenvalue weighted by atomic mass is 10.4. The van der Waals surface area contributed by atoms with Gasteiger partial charge in [-0.05, 0) is 40.7 Å². The van der Waals surface area contributed by atoms with Crippen molar-refractivity contribution in [3.05, 3.63) is 11.4 Å². The molecule has 1 aromatic rings. The van der Waals surface area contributed by atoms with Crippen LogP contribution in [-0.4, -0.2) is 42.1 Å². The summed E-state index contributed by atoms with van der Waals surface area (Å²) >= 11 is 0. The lowest BCUT2D eigenvalue weighted by Gasteiger charge is -2.21. The molecule has 1 rings (SSSR count). The van der Waals surface area contributed by atoms with Crippen LogP contribution < -0.4 is 5.73 Å². The SMILES string of the molecule is Cc1nn(CCCN)c(C)c1S(=O)(=O)N(C)C(C)C. The van der Waals surface area contributed by atoms with Crippen molar-refractivity contribution in [2.24, 2.45) is 5.73 Å². The fraction of sp³-hybridized carbons (Fsp3) is 0.750. The van der Waals surface area contributed by atoms with Gasteiger partial charge < -0.3 is 5.73 Å². The zero-order chi connectivity index (χ0) is 14.8. The molecule has 0 spiro atoms. The number of nitrogens with zero attached hydrogens (tertiary/aromatic N) is 3. The van der Waals surface area contributed by atoms with E-state index in [1.807, 2.05) is 13.8 Å². The summed E-state index contributed by atoms with van der Waals surface area (Å²) < 4.78 is 28.2. The van der Waals surface area contributed by atoms with Crippen LogP contribution in [0.4, 0.5) is 0 Å². The summed E-state index contributed by atoms with van der Waals surface area (Å²) in [5.74, 6) is 0. The van der Waals surface area contributed by atoms with Gasteiger partial charge in [-0.3, -0.25) is 4.68 Å². The molecule has 0 saturated heterocycles. The highest BCUT2D eigenvalue weighted by molar-refractivity contribution is 7.89. The highest BCUT2D eigenvalue weighted by Crippen LogP contribution is 2.24. The Morgan fingerprint density at radius 3 is 2.42 bits per heavy atom. The van der Waals surface area contributed by atoms with Gasteiger partial charge in [0.25, 0.3) is 0 Å². The maximum absolute atomic E-state index is 12.6. The normalized spacial score (nSPS) is 12.6. The molecule has 0 bridgehead atoms. The molecule has 0 aliphatic carbocycles. The molecule has 2 N–H and O–H groups in total. The zero-order valence-corrected chi connectivity index (χ0v) is 13.2. The first-order valence-corrected chi connectivity index (χ1v) is 7.89. The van der Waals surface area contributed by atoms with Crippen LogP contribution in [0.5, 0.6) is 0 Å². The van der Waals surface area contributed by atoms with Gasteiger partial charge in [-0.1, -0.05) is 0 Å². The Bertz CT molecular complexity index is 534. The van der Waals surface area contributed by atoms with Crippen LogP contribution in [0.3, 0.4) is 0 Å². The maximum atomic E-state index is 12.6. The van der Waals surface area contributed by atoms with E-state index in [1.165, 1.54) is 4.31 Å². The molecule has 0 fully saturated rings. The molecule has 7 heteroatoms. The molecule has 0 aliphatic heterocycles. The average Bonchev–Trinajstić information content (AvgIpc) is 2.60. The second-order valence-corrected chi connectivity index (χ2v) is 6.91. The predicted molar refractivity (Wildman–Crippen MR) is 75.5 cm³/mol. The Morgan fingerprint density at radius 2 is 1.95 bits per heavy atom. The van der Waals surface area contributed by atoms with Gasteiger partial charge in [0.2, 0.25) is 10.0 Å². The summed E-state index contributed by atoms with van der Waals surface area (Å²) in [6, 6.07) is -0.0869. The Morgan fingerprint density at radius 1 is 1.37 bits per heavy atom. The lowest BCUT2D eigenvalue weighted by molar-refractivity contribution is 0.410. The van der Waals surface area contributed by atoms with Crippen LogP contribution in [0.25, 0.3) is 0 Å². The van der Waals surface area contributed by atoms with Gasteiger partial charge in [0.05, 0.1) is 11.4 Å². The molecule has 0 aliphatic rings. The second-order valence-electron chi connectivity index (χ2n) is 4.98. The number of hydrogen-bond donors (Lipinski definition) is 1. The Hall–Kier alpha value is -0.920. The Kier molecular flexibility index (Phi) is 5.11. The molecule has 19 heavy (non-hydrogen) atoms. The monoisotopic (exact) mass is 288 g/mol.